The van der Waals surface area contributed by atoms with Crippen molar-refractivity contribution in [3.63, 3.8) is 0 Å². The molecular formula is C25H28Br3N3O3. The average Bonchev–Trinajstić information content (AvgIpc) is 2.83. The molecule has 0 amide bonds. The lowest BCUT2D eigenvalue weighted by atomic mass is 10.1. The highest BCUT2D eigenvalue weighted by atomic mass is 79.9. The van der Waals surface area contributed by atoms with E-state index in [4.69, 9.17) is 14.5 Å². The average molecular weight is 658 g/mol. The first-order valence-electron chi connectivity index (χ1n) is 11.3. The predicted molar refractivity (Wildman–Crippen MR) is 149 cm³/mol. The molecule has 0 aliphatic heterocycles. The predicted octanol–water partition coefficient (Wildman–Crippen LogP) is 7.66. The van der Waals surface area contributed by atoms with Crippen molar-refractivity contribution in [1.82, 2.24) is 9.66 Å². The van der Waals surface area contributed by atoms with Crippen LogP contribution in [0.2, 0.25) is 0 Å². The molecule has 1 aromatic heterocycles. The molecule has 182 valence electrons. The Morgan fingerprint density at radius 2 is 1.82 bits per heavy atom. The van der Waals surface area contributed by atoms with Gasteiger partial charge in [-0.2, -0.15) is 9.78 Å². The van der Waals surface area contributed by atoms with Crippen LogP contribution < -0.4 is 15.0 Å². The fraction of sp³-hybridized carbons (Fsp3) is 0.400. The van der Waals surface area contributed by atoms with Gasteiger partial charge in [0.25, 0.3) is 5.56 Å². The number of aromatic nitrogens is 2. The Morgan fingerprint density at radius 1 is 1.09 bits per heavy atom. The van der Waals surface area contributed by atoms with Gasteiger partial charge < -0.3 is 9.47 Å². The fourth-order valence-electron chi connectivity index (χ4n) is 3.25. The molecular weight excluding hydrogens is 630 g/mol. The maximum Gasteiger partial charge on any atom is 0.282 e. The molecule has 2 aromatic carbocycles. The van der Waals surface area contributed by atoms with Crippen LogP contribution in [-0.4, -0.2) is 28.6 Å². The van der Waals surface area contributed by atoms with Gasteiger partial charge in [-0.05, 0) is 82.8 Å². The highest BCUT2D eigenvalue weighted by Gasteiger charge is 2.20. The van der Waals surface area contributed by atoms with E-state index in [1.54, 1.807) is 12.3 Å². The minimum absolute atomic E-state index is 0.0292. The molecule has 0 saturated heterocycles. The van der Waals surface area contributed by atoms with Gasteiger partial charge in [-0.15, -0.1) is 0 Å². The van der Waals surface area contributed by atoms with Gasteiger partial charge in [0.2, 0.25) is 0 Å². The van der Waals surface area contributed by atoms with E-state index in [2.05, 4.69) is 66.7 Å². The lowest BCUT2D eigenvalue weighted by Crippen LogP contribution is -2.23. The second-order valence-corrected chi connectivity index (χ2v) is 10.5. The smallest absolute Gasteiger partial charge is 0.282 e. The molecule has 0 fully saturated rings. The summed E-state index contributed by atoms with van der Waals surface area (Å²) < 4.78 is 15.7. The summed E-state index contributed by atoms with van der Waals surface area (Å²) in [6.45, 7) is 10.6. The SMILES string of the molecule is CCOc1cc(C=Nn2c([C@@H](C)CC)nc3ccc(Br)cc3c2=O)c(Br)c(Br)c1O[C@H](C)CC. The molecule has 1 heterocycles. The molecule has 0 aliphatic carbocycles. The minimum atomic E-state index is -0.213. The van der Waals surface area contributed by atoms with Crippen LogP contribution in [-0.2, 0) is 0 Å². The van der Waals surface area contributed by atoms with Crippen molar-refractivity contribution in [2.45, 2.75) is 59.5 Å². The molecule has 0 spiro atoms. The van der Waals surface area contributed by atoms with E-state index in [-0.39, 0.29) is 17.6 Å². The van der Waals surface area contributed by atoms with Gasteiger partial charge in [0.15, 0.2) is 11.5 Å². The van der Waals surface area contributed by atoms with Crippen LogP contribution in [0.1, 0.15) is 64.8 Å². The van der Waals surface area contributed by atoms with Crippen molar-refractivity contribution in [2.24, 2.45) is 5.10 Å². The lowest BCUT2D eigenvalue weighted by Gasteiger charge is -2.19. The van der Waals surface area contributed by atoms with Crippen LogP contribution in [0.3, 0.4) is 0 Å². The van der Waals surface area contributed by atoms with Crippen molar-refractivity contribution < 1.29 is 9.47 Å². The van der Waals surface area contributed by atoms with Gasteiger partial charge in [-0.25, -0.2) is 4.98 Å². The molecule has 3 aromatic rings. The van der Waals surface area contributed by atoms with Crippen LogP contribution >= 0.6 is 47.8 Å². The number of hydrogen-bond acceptors (Lipinski definition) is 5. The van der Waals surface area contributed by atoms with E-state index in [1.807, 2.05) is 39.0 Å². The zero-order chi connectivity index (χ0) is 25.0. The highest BCUT2D eigenvalue weighted by molar-refractivity contribution is 9.13. The molecule has 3 rings (SSSR count). The first kappa shape index (κ1) is 26.9. The number of nitrogens with zero attached hydrogens (tertiary/aromatic N) is 3. The Hall–Kier alpha value is -1.71. The third-order valence-corrected chi connectivity index (χ3v) is 8.18. The monoisotopic (exact) mass is 655 g/mol. The van der Waals surface area contributed by atoms with E-state index >= 15 is 0 Å². The fourth-order valence-corrected chi connectivity index (χ4v) is 4.53. The van der Waals surface area contributed by atoms with E-state index in [0.717, 1.165) is 31.8 Å². The molecule has 9 heteroatoms. The van der Waals surface area contributed by atoms with Gasteiger partial charge in [0.1, 0.15) is 5.82 Å². The van der Waals surface area contributed by atoms with Gasteiger partial charge in [0, 0.05) is 20.4 Å². The third-order valence-electron chi connectivity index (χ3n) is 5.55. The number of halogens is 3. The summed E-state index contributed by atoms with van der Waals surface area (Å²) in [5, 5.41) is 5.09. The second kappa shape index (κ2) is 11.8. The standard InChI is InChI=1S/C25H28Br3N3O3/c1-6-14(4)24-30-19-10-9-17(26)12-18(19)25(32)31(24)29-13-16-11-20(33-8-3)23(22(28)21(16)27)34-15(5)7-2/h9-15H,6-8H2,1-5H3/t14-,15+/m0/s1. The molecule has 0 aliphatic rings. The number of fused-ring (bicyclic) bond motifs is 1. The number of benzene rings is 2. The Labute approximate surface area is 225 Å². The normalized spacial score (nSPS) is 13.4. The Balaban J connectivity index is 2.17. The van der Waals surface area contributed by atoms with Gasteiger partial charge in [0.05, 0.1) is 34.3 Å². The zero-order valence-corrected chi connectivity index (χ0v) is 24.6. The molecule has 0 bridgehead atoms. The van der Waals surface area contributed by atoms with E-state index < -0.39 is 0 Å². The second-order valence-electron chi connectivity index (χ2n) is 7.99. The van der Waals surface area contributed by atoms with E-state index in [1.165, 1.54) is 4.68 Å². The van der Waals surface area contributed by atoms with Crippen molar-refractivity contribution >= 4 is 64.9 Å². The summed E-state index contributed by atoms with van der Waals surface area (Å²) in [4.78, 5) is 18.2. The Kier molecular flexibility index (Phi) is 9.34. The van der Waals surface area contributed by atoms with Crippen LogP contribution in [0.5, 0.6) is 11.5 Å². The van der Waals surface area contributed by atoms with Crippen molar-refractivity contribution in [3.05, 3.63) is 59.4 Å². The van der Waals surface area contributed by atoms with Crippen LogP contribution in [0.15, 0.2) is 47.6 Å². The lowest BCUT2D eigenvalue weighted by molar-refractivity contribution is 0.201. The largest absolute Gasteiger partial charge is 0.490 e. The van der Waals surface area contributed by atoms with Gasteiger partial charge in [-0.1, -0.05) is 36.7 Å². The third kappa shape index (κ3) is 5.74. The molecule has 0 radical (unpaired) electrons. The summed E-state index contributed by atoms with van der Waals surface area (Å²) in [5.74, 6) is 1.91. The van der Waals surface area contributed by atoms with Crippen LogP contribution in [0.25, 0.3) is 10.9 Å². The molecule has 34 heavy (non-hydrogen) atoms. The molecule has 0 N–H and O–H groups in total. The Bertz CT molecular complexity index is 1270. The first-order valence-corrected chi connectivity index (χ1v) is 13.7. The van der Waals surface area contributed by atoms with Crippen LogP contribution in [0.4, 0.5) is 0 Å². The summed E-state index contributed by atoms with van der Waals surface area (Å²) >= 11 is 10.7. The highest BCUT2D eigenvalue weighted by Crippen LogP contribution is 2.43. The van der Waals surface area contributed by atoms with E-state index in [0.29, 0.717) is 34.8 Å². The summed E-state index contributed by atoms with van der Waals surface area (Å²) in [6.07, 6.45) is 3.37. The van der Waals surface area contributed by atoms with Gasteiger partial charge >= 0.3 is 0 Å². The minimum Gasteiger partial charge on any atom is -0.490 e. The van der Waals surface area contributed by atoms with Crippen molar-refractivity contribution in [1.29, 1.82) is 0 Å². The van der Waals surface area contributed by atoms with Crippen molar-refractivity contribution in [2.75, 3.05) is 6.61 Å². The molecule has 2 atom stereocenters. The molecule has 0 unspecified atom stereocenters. The number of ether oxygens (including phenoxy) is 2. The molecule has 6 nitrogen and oxygen atoms in total. The van der Waals surface area contributed by atoms with Crippen LogP contribution in [0, 0.1) is 0 Å². The first-order chi connectivity index (χ1) is 16.2. The number of hydrogen-bond donors (Lipinski definition) is 0. The Morgan fingerprint density at radius 3 is 2.47 bits per heavy atom. The van der Waals surface area contributed by atoms with Crippen molar-refractivity contribution in [3.8, 4) is 11.5 Å². The number of rotatable bonds is 9. The maximum absolute atomic E-state index is 13.4. The maximum atomic E-state index is 13.4. The molecule has 0 saturated carbocycles. The van der Waals surface area contributed by atoms with E-state index in [9.17, 15) is 4.79 Å². The topological polar surface area (TPSA) is 65.7 Å². The zero-order valence-electron chi connectivity index (χ0n) is 19.9. The quantitative estimate of drug-likeness (QED) is 0.222. The van der Waals surface area contributed by atoms with Gasteiger partial charge in [-0.3, -0.25) is 4.79 Å². The summed E-state index contributed by atoms with van der Waals surface area (Å²) in [7, 11) is 0. The summed E-state index contributed by atoms with van der Waals surface area (Å²) in [5.41, 5.74) is 1.18. The summed E-state index contributed by atoms with van der Waals surface area (Å²) in [6, 6.07) is 7.37.